The zero-order valence-electron chi connectivity index (χ0n) is 20.2. The number of aryl methyl sites for hydroxylation is 1. The number of nitrogens with one attached hydrogen (secondary N) is 2. The van der Waals surface area contributed by atoms with Crippen LogP contribution in [-0.2, 0) is 22.2 Å². The summed E-state index contributed by atoms with van der Waals surface area (Å²) >= 11 is 0. The molecule has 0 saturated carbocycles. The Labute approximate surface area is 210 Å². The van der Waals surface area contributed by atoms with Crippen LogP contribution in [0.15, 0.2) is 74.7 Å². The first-order chi connectivity index (χ1) is 17.5. The van der Waals surface area contributed by atoms with Crippen LogP contribution in [0.4, 0.5) is 13.2 Å². The fourth-order valence-corrected chi connectivity index (χ4v) is 3.65. The molecule has 1 aliphatic carbocycles. The smallest absolute Gasteiger partial charge is 0.368 e. The van der Waals surface area contributed by atoms with E-state index in [1.54, 1.807) is 12.2 Å². The van der Waals surface area contributed by atoms with Crippen molar-refractivity contribution in [2.75, 3.05) is 13.1 Å². The summed E-state index contributed by atoms with van der Waals surface area (Å²) in [4.78, 5) is 28.5. The molecule has 2 N–H and O–H groups in total. The zero-order chi connectivity index (χ0) is 26.6. The van der Waals surface area contributed by atoms with Gasteiger partial charge in [0.25, 0.3) is 5.91 Å². The van der Waals surface area contributed by atoms with Crippen molar-refractivity contribution in [2.24, 2.45) is 21.6 Å². The number of fused-ring (bicyclic) bond motifs is 1. The van der Waals surface area contributed by atoms with E-state index in [-0.39, 0.29) is 41.8 Å². The fraction of sp³-hybridized carbons (Fsp3) is 0.360. The molecule has 1 unspecified atom stereocenters. The Kier molecular flexibility index (Phi) is 7.37. The van der Waals surface area contributed by atoms with E-state index < -0.39 is 17.7 Å². The first-order valence-electron chi connectivity index (χ1n) is 11.6. The van der Waals surface area contributed by atoms with Crippen LogP contribution in [0.1, 0.15) is 31.7 Å². The van der Waals surface area contributed by atoms with Crippen molar-refractivity contribution < 1.29 is 27.3 Å². The highest BCUT2D eigenvalue weighted by atomic mass is 19.4. The summed E-state index contributed by atoms with van der Waals surface area (Å²) in [6, 6.07) is 4.44. The molecular formula is C25H25F3N6O3. The maximum absolute atomic E-state index is 12.7. The highest BCUT2D eigenvalue weighted by molar-refractivity contribution is 5.86. The summed E-state index contributed by atoms with van der Waals surface area (Å²) < 4.78 is 43.3. The topological polar surface area (TPSA) is 122 Å². The van der Waals surface area contributed by atoms with Crippen molar-refractivity contribution in [2.45, 2.75) is 32.9 Å². The molecule has 0 spiro atoms. The highest BCUT2D eigenvalue weighted by Gasteiger charge is 2.30. The first kappa shape index (κ1) is 26.0. The third kappa shape index (κ3) is 6.57. The number of azo groups is 1. The molecule has 0 saturated heterocycles. The van der Waals surface area contributed by atoms with Gasteiger partial charge in [0, 0.05) is 37.1 Å². The lowest BCUT2D eigenvalue weighted by atomic mass is 9.91. The van der Waals surface area contributed by atoms with Gasteiger partial charge < -0.3 is 15.2 Å². The molecule has 4 rings (SSSR count). The fourth-order valence-electron chi connectivity index (χ4n) is 3.65. The molecular weight excluding hydrogens is 489 g/mol. The summed E-state index contributed by atoms with van der Waals surface area (Å²) in [7, 11) is 0. The third-order valence-corrected chi connectivity index (χ3v) is 5.82. The maximum Gasteiger partial charge on any atom is 0.416 e. The second-order valence-corrected chi connectivity index (χ2v) is 9.45. The van der Waals surface area contributed by atoms with Crippen molar-refractivity contribution in [1.29, 1.82) is 0 Å². The van der Waals surface area contributed by atoms with Crippen molar-refractivity contribution in [3.8, 4) is 11.4 Å². The minimum Gasteiger partial charge on any atom is -0.368 e. The zero-order valence-corrected chi connectivity index (χ0v) is 20.2. The average molecular weight is 515 g/mol. The number of hydrogen-bond donors (Lipinski definition) is 2. The lowest BCUT2D eigenvalue weighted by Gasteiger charge is -2.27. The number of benzene rings is 1. The van der Waals surface area contributed by atoms with E-state index in [0.29, 0.717) is 24.5 Å². The number of amides is 2. The Morgan fingerprint density at radius 2 is 1.84 bits per heavy atom. The molecule has 0 fully saturated rings. The monoisotopic (exact) mass is 514 g/mol. The lowest BCUT2D eigenvalue weighted by molar-refractivity contribution is -0.137. The Balaban J connectivity index is 1.24. The van der Waals surface area contributed by atoms with E-state index in [2.05, 4.69) is 31.0 Å². The number of hydrogen-bond acceptors (Lipinski definition) is 7. The van der Waals surface area contributed by atoms with Crippen molar-refractivity contribution in [1.82, 2.24) is 20.8 Å². The van der Waals surface area contributed by atoms with Crippen LogP contribution in [0.25, 0.3) is 11.4 Å². The minimum atomic E-state index is -4.43. The molecule has 0 bridgehead atoms. The number of carbonyl (C=O) groups excluding carboxylic acids is 2. The van der Waals surface area contributed by atoms with Gasteiger partial charge in [0.1, 0.15) is 0 Å². The van der Waals surface area contributed by atoms with Crippen LogP contribution in [0.3, 0.4) is 0 Å². The molecule has 2 amide bonds. The van der Waals surface area contributed by atoms with Gasteiger partial charge in [0.15, 0.2) is 5.82 Å². The van der Waals surface area contributed by atoms with Gasteiger partial charge in [-0.05, 0) is 17.5 Å². The third-order valence-electron chi connectivity index (χ3n) is 5.82. The molecule has 1 aliphatic heterocycles. The van der Waals surface area contributed by atoms with Crippen molar-refractivity contribution in [3.63, 3.8) is 0 Å². The number of halogens is 3. The molecule has 2 aromatic rings. The van der Waals surface area contributed by atoms with E-state index in [9.17, 15) is 22.8 Å². The summed E-state index contributed by atoms with van der Waals surface area (Å²) in [6.07, 6.45) is 3.10. The molecule has 194 valence electrons. The molecule has 1 atom stereocenters. The summed E-state index contributed by atoms with van der Waals surface area (Å²) in [5.74, 6) is -0.0603. The molecule has 2 heterocycles. The molecule has 0 radical (unpaired) electrons. The normalized spacial score (nSPS) is 17.2. The first-order valence-corrected chi connectivity index (χ1v) is 11.6. The van der Waals surface area contributed by atoms with Crippen LogP contribution >= 0.6 is 0 Å². The molecule has 12 heteroatoms. The largest absolute Gasteiger partial charge is 0.416 e. The summed E-state index contributed by atoms with van der Waals surface area (Å²) in [5, 5.41) is 17.6. The van der Waals surface area contributed by atoms with Crippen molar-refractivity contribution >= 4 is 11.8 Å². The van der Waals surface area contributed by atoms with Crippen LogP contribution in [0.5, 0.6) is 0 Å². The second kappa shape index (κ2) is 10.5. The minimum absolute atomic E-state index is 0.0998. The van der Waals surface area contributed by atoms with Gasteiger partial charge in [-0.3, -0.25) is 9.59 Å². The van der Waals surface area contributed by atoms with E-state index in [0.717, 1.165) is 17.7 Å². The average Bonchev–Trinajstić information content (AvgIpc) is 3.35. The lowest BCUT2D eigenvalue weighted by Crippen LogP contribution is -2.40. The van der Waals surface area contributed by atoms with Gasteiger partial charge in [-0.2, -0.15) is 18.2 Å². The Morgan fingerprint density at radius 1 is 1.08 bits per heavy atom. The van der Waals surface area contributed by atoms with Gasteiger partial charge in [-0.1, -0.05) is 55.4 Å². The summed E-state index contributed by atoms with van der Waals surface area (Å²) in [5.41, 5.74) is 0.0326. The predicted octanol–water partition coefficient (Wildman–Crippen LogP) is 4.37. The Morgan fingerprint density at radius 3 is 2.57 bits per heavy atom. The van der Waals surface area contributed by atoms with Crippen LogP contribution < -0.4 is 10.6 Å². The van der Waals surface area contributed by atoms with Gasteiger partial charge in [0.05, 0.1) is 11.5 Å². The SMILES string of the molecule is CC(C)(CNC(=O)CCc1nc(-c2ccc(C(F)(F)F)cc2)no1)CNC1=C2C=CC=CC2C(=O)N=N1. The Hall–Kier alpha value is -4.09. The summed E-state index contributed by atoms with van der Waals surface area (Å²) in [6.45, 7) is 4.79. The molecule has 1 aromatic carbocycles. The van der Waals surface area contributed by atoms with Gasteiger partial charge in [-0.15, -0.1) is 10.2 Å². The number of nitrogens with zero attached hydrogens (tertiary/aromatic N) is 4. The standard InChI is InChI=1S/C25H25F3N6O3/c1-24(2,14-30-22-17-5-3-4-6-18(17)23(36)33-32-22)13-29-19(35)11-12-20-31-21(34-37-20)15-7-9-16(10-8-15)25(26,27)28/h3-10,18,30H,11-14H2,1-2H3,(H,29,35). The van der Waals surface area contributed by atoms with E-state index in [1.165, 1.54) is 12.1 Å². The second-order valence-electron chi connectivity index (χ2n) is 9.45. The maximum atomic E-state index is 12.7. The van der Waals surface area contributed by atoms with E-state index in [1.807, 2.05) is 26.0 Å². The van der Waals surface area contributed by atoms with Gasteiger partial charge >= 0.3 is 6.18 Å². The number of alkyl halides is 3. The van der Waals surface area contributed by atoms with E-state index in [4.69, 9.17) is 4.52 Å². The number of rotatable bonds is 9. The van der Waals surface area contributed by atoms with Crippen molar-refractivity contribution in [3.05, 3.63) is 71.4 Å². The molecule has 9 nitrogen and oxygen atoms in total. The highest BCUT2D eigenvalue weighted by Crippen LogP contribution is 2.30. The molecule has 2 aliphatic rings. The number of allylic oxidation sites excluding steroid dienone is 3. The van der Waals surface area contributed by atoms with Crippen LogP contribution in [0, 0.1) is 11.3 Å². The number of carbonyl (C=O) groups is 2. The van der Waals surface area contributed by atoms with Crippen LogP contribution in [0.2, 0.25) is 0 Å². The van der Waals surface area contributed by atoms with Gasteiger partial charge in [-0.25, -0.2) is 0 Å². The number of aromatic nitrogens is 2. The quantitative estimate of drug-likeness (QED) is 0.513. The van der Waals surface area contributed by atoms with E-state index >= 15 is 0 Å². The molecule has 37 heavy (non-hydrogen) atoms. The Bertz CT molecular complexity index is 1290. The van der Waals surface area contributed by atoms with Gasteiger partial charge in [0.2, 0.25) is 17.6 Å². The predicted molar refractivity (Wildman–Crippen MR) is 127 cm³/mol. The molecule has 1 aromatic heterocycles. The van der Waals surface area contributed by atoms with Crippen LogP contribution in [-0.4, -0.2) is 35.0 Å².